The lowest BCUT2D eigenvalue weighted by molar-refractivity contribution is -0.152. The number of sulfonamides is 1. The molecule has 1 amide bonds. The number of esters is 1. The molecule has 0 unspecified atom stereocenters. The van der Waals surface area contributed by atoms with Crippen LogP contribution in [-0.2, 0) is 26.1 Å². The Morgan fingerprint density at radius 1 is 0.950 bits per heavy atom. The number of anilines is 1. The van der Waals surface area contributed by atoms with Crippen molar-refractivity contribution in [2.24, 2.45) is 0 Å². The molecule has 0 spiro atoms. The highest BCUT2D eigenvalue weighted by molar-refractivity contribution is 7.92. The van der Waals surface area contributed by atoms with Crippen LogP contribution in [0.25, 0.3) is 10.8 Å². The normalized spacial score (nSPS) is 11.7. The highest BCUT2D eigenvalue weighted by atomic mass is 35.5. The molecule has 208 valence electrons. The number of carbonyl (C=O) groups excluding carboxylic acids is 2. The zero-order chi connectivity index (χ0) is 29.1. The minimum absolute atomic E-state index is 0.129. The predicted octanol–water partition coefficient (Wildman–Crippen LogP) is 6.01. The summed E-state index contributed by atoms with van der Waals surface area (Å²) in [4.78, 5) is 29.6. The maximum Gasteiger partial charge on any atom is 0.327 e. The minimum Gasteiger partial charge on any atom is -0.459 e. The number of halogens is 2. The van der Waals surface area contributed by atoms with Crippen LogP contribution in [0.15, 0.2) is 84.0 Å². The van der Waals surface area contributed by atoms with E-state index in [2.05, 4.69) is 10.3 Å². The van der Waals surface area contributed by atoms with Gasteiger partial charge >= 0.3 is 5.97 Å². The van der Waals surface area contributed by atoms with E-state index >= 15 is 0 Å². The maximum absolute atomic E-state index is 13.8. The molecule has 1 heterocycles. The molecule has 0 aliphatic heterocycles. The van der Waals surface area contributed by atoms with Gasteiger partial charge in [0.15, 0.2) is 0 Å². The lowest BCUT2D eigenvalue weighted by Crippen LogP contribution is -2.39. The molecule has 40 heavy (non-hydrogen) atoms. The van der Waals surface area contributed by atoms with Gasteiger partial charge in [-0.15, -0.1) is 0 Å². The Morgan fingerprint density at radius 3 is 2.27 bits per heavy atom. The van der Waals surface area contributed by atoms with Gasteiger partial charge in [0.2, 0.25) is 0 Å². The van der Waals surface area contributed by atoms with Crippen LogP contribution < -0.4 is 9.62 Å². The van der Waals surface area contributed by atoms with Crippen molar-refractivity contribution < 1.29 is 22.7 Å². The third-order valence-corrected chi connectivity index (χ3v) is 7.90. The van der Waals surface area contributed by atoms with Crippen LogP contribution in [0.2, 0.25) is 10.0 Å². The van der Waals surface area contributed by atoms with Crippen molar-refractivity contribution in [2.45, 2.75) is 37.8 Å². The van der Waals surface area contributed by atoms with Crippen LogP contribution in [-0.4, -0.2) is 37.4 Å². The second-order valence-electron chi connectivity index (χ2n) is 9.95. The van der Waals surface area contributed by atoms with E-state index in [1.54, 1.807) is 63.5 Å². The molecule has 0 saturated carbocycles. The summed E-state index contributed by atoms with van der Waals surface area (Å²) < 4.78 is 34.0. The summed E-state index contributed by atoms with van der Waals surface area (Å²) >= 11 is 12.2. The second-order valence-corrected chi connectivity index (χ2v) is 12.7. The summed E-state index contributed by atoms with van der Waals surface area (Å²) in [7, 11) is -4.30. The van der Waals surface area contributed by atoms with Crippen LogP contribution in [0.5, 0.6) is 0 Å². The van der Waals surface area contributed by atoms with Gasteiger partial charge in [-0.3, -0.25) is 18.9 Å². The number of ether oxygens (including phenoxy) is 1. The highest BCUT2D eigenvalue weighted by Gasteiger charge is 2.30. The molecule has 11 heteroatoms. The van der Waals surface area contributed by atoms with E-state index in [4.69, 9.17) is 27.9 Å². The Morgan fingerprint density at radius 2 is 1.62 bits per heavy atom. The van der Waals surface area contributed by atoms with Gasteiger partial charge in [0.05, 0.1) is 10.6 Å². The number of rotatable bonds is 8. The monoisotopic (exact) mass is 599 g/mol. The first-order valence-corrected chi connectivity index (χ1v) is 14.4. The second kappa shape index (κ2) is 11.8. The van der Waals surface area contributed by atoms with E-state index in [-0.39, 0.29) is 26.5 Å². The van der Waals surface area contributed by atoms with Crippen molar-refractivity contribution in [1.29, 1.82) is 0 Å². The lowest BCUT2D eigenvalue weighted by atomic mass is 10.0. The van der Waals surface area contributed by atoms with E-state index in [1.165, 1.54) is 24.3 Å². The van der Waals surface area contributed by atoms with Crippen molar-refractivity contribution in [3.63, 3.8) is 0 Å². The third-order valence-electron chi connectivity index (χ3n) is 5.72. The molecule has 1 aromatic heterocycles. The summed E-state index contributed by atoms with van der Waals surface area (Å²) in [6.45, 7) is 4.80. The van der Waals surface area contributed by atoms with Crippen LogP contribution in [0.1, 0.15) is 36.7 Å². The molecule has 3 aromatic carbocycles. The number of aromatic nitrogens is 1. The Balaban J connectivity index is 1.72. The Labute approximate surface area is 242 Å². The standard InChI is InChI=1S/C29H27Cl2N3O5S/c1-29(2,3)39-27(35)18-34(40(37,38)24-15-21(30)14-22(31)16-24)23-7-8-25-20(13-23)5-4-6-26(25)28(36)33-17-19-9-11-32-12-10-19/h4-16H,17-18H2,1-3H3,(H,33,36). The molecular formula is C29H27Cl2N3O5S. The Hall–Kier alpha value is -3.66. The first kappa shape index (κ1) is 29.3. The summed E-state index contributed by atoms with van der Waals surface area (Å²) in [5, 5.41) is 4.36. The molecule has 1 N–H and O–H groups in total. The largest absolute Gasteiger partial charge is 0.459 e. The smallest absolute Gasteiger partial charge is 0.327 e. The molecule has 4 aromatic rings. The molecule has 0 aliphatic rings. The number of hydrogen-bond donors (Lipinski definition) is 1. The van der Waals surface area contributed by atoms with E-state index in [0.717, 1.165) is 9.87 Å². The lowest BCUT2D eigenvalue weighted by Gasteiger charge is -2.27. The fraction of sp³-hybridized carbons (Fsp3) is 0.207. The van der Waals surface area contributed by atoms with Gasteiger partial charge < -0.3 is 10.1 Å². The zero-order valence-electron chi connectivity index (χ0n) is 22.0. The maximum atomic E-state index is 13.8. The van der Waals surface area contributed by atoms with Gasteiger partial charge in [-0.25, -0.2) is 8.42 Å². The van der Waals surface area contributed by atoms with Gasteiger partial charge in [-0.2, -0.15) is 0 Å². The molecule has 0 saturated heterocycles. The summed E-state index contributed by atoms with van der Waals surface area (Å²) in [6.07, 6.45) is 3.30. The summed E-state index contributed by atoms with van der Waals surface area (Å²) in [5.41, 5.74) is 0.688. The topological polar surface area (TPSA) is 106 Å². The quantitative estimate of drug-likeness (QED) is 0.249. The van der Waals surface area contributed by atoms with Crippen molar-refractivity contribution in [1.82, 2.24) is 10.3 Å². The van der Waals surface area contributed by atoms with Crippen molar-refractivity contribution >= 4 is 61.6 Å². The number of hydrogen-bond acceptors (Lipinski definition) is 6. The average Bonchev–Trinajstić information content (AvgIpc) is 2.88. The van der Waals surface area contributed by atoms with E-state index in [9.17, 15) is 18.0 Å². The molecule has 0 atom stereocenters. The molecular weight excluding hydrogens is 573 g/mol. The summed E-state index contributed by atoms with van der Waals surface area (Å²) in [5.74, 6) is -1.03. The summed E-state index contributed by atoms with van der Waals surface area (Å²) in [6, 6.07) is 17.5. The third kappa shape index (κ3) is 7.10. The van der Waals surface area contributed by atoms with Crippen LogP contribution in [0, 0.1) is 0 Å². The molecule has 4 rings (SSSR count). The van der Waals surface area contributed by atoms with Gasteiger partial charge in [-0.1, -0.05) is 41.4 Å². The number of benzene rings is 3. The first-order valence-electron chi connectivity index (χ1n) is 12.2. The number of carbonyl (C=O) groups is 2. The molecule has 8 nitrogen and oxygen atoms in total. The van der Waals surface area contributed by atoms with Crippen LogP contribution in [0.3, 0.4) is 0 Å². The zero-order valence-corrected chi connectivity index (χ0v) is 24.3. The van der Waals surface area contributed by atoms with Crippen LogP contribution >= 0.6 is 23.2 Å². The molecule has 0 bridgehead atoms. The Bertz CT molecular complexity index is 1650. The van der Waals surface area contributed by atoms with E-state index in [1.807, 2.05) is 12.1 Å². The van der Waals surface area contributed by atoms with Crippen LogP contribution in [0.4, 0.5) is 5.69 Å². The fourth-order valence-corrected chi connectivity index (χ4v) is 6.14. The van der Waals surface area contributed by atoms with E-state index in [0.29, 0.717) is 22.9 Å². The van der Waals surface area contributed by atoms with Gasteiger partial charge in [0, 0.05) is 34.5 Å². The minimum atomic E-state index is -4.30. The number of nitrogens with zero attached hydrogens (tertiary/aromatic N) is 2. The van der Waals surface area contributed by atoms with Gasteiger partial charge in [0.1, 0.15) is 12.1 Å². The van der Waals surface area contributed by atoms with Gasteiger partial charge in [0.25, 0.3) is 15.9 Å². The number of fused-ring (bicyclic) bond motifs is 1. The number of pyridine rings is 1. The fourth-order valence-electron chi connectivity index (χ4n) is 4.01. The number of amides is 1. The average molecular weight is 601 g/mol. The first-order chi connectivity index (χ1) is 18.8. The highest BCUT2D eigenvalue weighted by Crippen LogP contribution is 2.31. The molecule has 0 aliphatic carbocycles. The molecule has 0 radical (unpaired) electrons. The predicted molar refractivity (Wildman–Crippen MR) is 156 cm³/mol. The van der Waals surface area contributed by atoms with E-state index < -0.39 is 28.1 Å². The van der Waals surface area contributed by atoms with Crippen molar-refractivity contribution in [3.8, 4) is 0 Å². The van der Waals surface area contributed by atoms with Gasteiger partial charge in [-0.05, 0) is 85.6 Å². The van der Waals surface area contributed by atoms with Crippen molar-refractivity contribution in [2.75, 3.05) is 10.8 Å². The Kier molecular flexibility index (Phi) is 8.68. The number of nitrogens with one attached hydrogen (secondary N) is 1. The van der Waals surface area contributed by atoms with Crippen molar-refractivity contribution in [3.05, 3.63) is 100 Å². The SMILES string of the molecule is CC(C)(C)OC(=O)CN(c1ccc2c(C(=O)NCc3ccncc3)cccc2c1)S(=O)(=O)c1cc(Cl)cc(Cl)c1. The molecule has 0 fully saturated rings.